The number of aromatic nitrogens is 2. The zero-order chi connectivity index (χ0) is 26.0. The molecule has 2 amide bonds. The summed E-state index contributed by atoms with van der Waals surface area (Å²) in [5, 5.41) is 8.50. The molecular weight excluding hydrogens is 492 g/mol. The normalized spacial score (nSPS) is 16.9. The van der Waals surface area contributed by atoms with Crippen LogP contribution >= 0.6 is 23.4 Å². The molecule has 1 aliphatic heterocycles. The van der Waals surface area contributed by atoms with Crippen molar-refractivity contribution < 1.29 is 9.59 Å². The van der Waals surface area contributed by atoms with Crippen LogP contribution in [0.5, 0.6) is 0 Å². The Hall–Kier alpha value is -2.77. The molecule has 2 aromatic carbocycles. The number of fused-ring (bicyclic) bond motifs is 1. The molecule has 0 bridgehead atoms. The number of hydrogen-bond acceptors (Lipinski definition) is 4. The number of nitrogens with one attached hydrogen (secondary N) is 1. The van der Waals surface area contributed by atoms with Gasteiger partial charge in [0.25, 0.3) is 0 Å². The zero-order valence-corrected chi connectivity index (χ0v) is 23.0. The fourth-order valence-corrected chi connectivity index (χ4v) is 5.84. The predicted molar refractivity (Wildman–Crippen MR) is 149 cm³/mol. The van der Waals surface area contributed by atoms with Gasteiger partial charge in [0.15, 0.2) is 0 Å². The van der Waals surface area contributed by atoms with E-state index in [2.05, 4.69) is 26.1 Å². The third-order valence-electron chi connectivity index (χ3n) is 6.28. The maximum atomic E-state index is 13.6. The zero-order valence-electron chi connectivity index (χ0n) is 21.4. The molecule has 6 nitrogen and oxygen atoms in total. The molecule has 36 heavy (non-hydrogen) atoms. The minimum Gasteiger partial charge on any atom is -0.352 e. The van der Waals surface area contributed by atoms with E-state index >= 15 is 0 Å². The average molecular weight is 525 g/mol. The third-order valence-corrected chi connectivity index (χ3v) is 7.86. The first-order valence-electron chi connectivity index (χ1n) is 12.3. The van der Waals surface area contributed by atoms with E-state index in [0.29, 0.717) is 10.8 Å². The largest absolute Gasteiger partial charge is 0.352 e. The lowest BCUT2D eigenvalue weighted by Crippen LogP contribution is -2.45. The molecule has 4 rings (SSSR count). The summed E-state index contributed by atoms with van der Waals surface area (Å²) >= 11 is 8.22. The lowest BCUT2D eigenvalue weighted by Gasteiger charge is -2.29. The minimum absolute atomic E-state index is 0.0247. The van der Waals surface area contributed by atoms with E-state index in [4.69, 9.17) is 16.7 Å². The van der Waals surface area contributed by atoms with Gasteiger partial charge in [-0.2, -0.15) is 5.10 Å². The van der Waals surface area contributed by atoms with Gasteiger partial charge in [0, 0.05) is 22.2 Å². The van der Waals surface area contributed by atoms with Crippen LogP contribution in [0.3, 0.4) is 0 Å². The van der Waals surface area contributed by atoms with E-state index in [1.807, 2.05) is 73.1 Å². The van der Waals surface area contributed by atoms with Crippen LogP contribution in [0.25, 0.3) is 11.3 Å². The van der Waals surface area contributed by atoms with E-state index in [0.717, 1.165) is 28.8 Å². The number of thioether (sulfide) groups is 1. The predicted octanol–water partition coefficient (Wildman–Crippen LogP) is 6.04. The molecule has 3 aromatic rings. The van der Waals surface area contributed by atoms with Crippen LogP contribution in [-0.4, -0.2) is 39.9 Å². The lowest BCUT2D eigenvalue weighted by molar-refractivity contribution is -0.123. The van der Waals surface area contributed by atoms with Crippen molar-refractivity contribution in [1.82, 2.24) is 15.1 Å². The molecule has 1 aromatic heterocycles. The number of carbonyl (C=O) groups excluding carboxylic acids is 2. The SMILES string of the molecule is CC[C@H](C)NC(=O)CN1C(=O)CS[C@@H](c2ccccc2Cl)c2c(-c3ccccc3)nn(C(C)(C)C)c21. The number of amides is 2. The summed E-state index contributed by atoms with van der Waals surface area (Å²) in [4.78, 5) is 28.2. The third kappa shape index (κ3) is 5.32. The van der Waals surface area contributed by atoms with Crippen LogP contribution < -0.4 is 10.2 Å². The average Bonchev–Trinajstić information content (AvgIpc) is 3.19. The highest BCUT2D eigenvalue weighted by molar-refractivity contribution is 8.00. The molecule has 1 N–H and O–H groups in total. The van der Waals surface area contributed by atoms with E-state index in [1.165, 1.54) is 11.8 Å². The highest BCUT2D eigenvalue weighted by Crippen LogP contribution is 2.50. The second kappa shape index (κ2) is 10.7. The Morgan fingerprint density at radius 1 is 1.17 bits per heavy atom. The van der Waals surface area contributed by atoms with E-state index in [-0.39, 0.29) is 35.4 Å². The van der Waals surface area contributed by atoms with E-state index < -0.39 is 5.54 Å². The molecule has 0 saturated carbocycles. The maximum Gasteiger partial charge on any atom is 0.240 e. The van der Waals surface area contributed by atoms with Crippen LogP contribution in [0.15, 0.2) is 54.6 Å². The first-order valence-corrected chi connectivity index (χ1v) is 13.7. The number of nitrogens with zero attached hydrogens (tertiary/aromatic N) is 3. The number of anilines is 1. The smallest absolute Gasteiger partial charge is 0.240 e. The molecule has 2 heterocycles. The lowest BCUT2D eigenvalue weighted by atomic mass is 9.99. The van der Waals surface area contributed by atoms with Gasteiger partial charge in [-0.1, -0.05) is 67.1 Å². The van der Waals surface area contributed by atoms with Gasteiger partial charge >= 0.3 is 0 Å². The van der Waals surface area contributed by atoms with E-state index in [9.17, 15) is 9.59 Å². The van der Waals surface area contributed by atoms with Crippen molar-refractivity contribution in [2.24, 2.45) is 0 Å². The Labute approximate surface area is 222 Å². The number of hydrogen-bond donors (Lipinski definition) is 1. The molecule has 190 valence electrons. The van der Waals surface area contributed by atoms with Crippen LogP contribution in [0.4, 0.5) is 5.82 Å². The van der Waals surface area contributed by atoms with Crippen LogP contribution in [0, 0.1) is 0 Å². The molecule has 1 aliphatic rings. The van der Waals surface area contributed by atoms with Crippen LogP contribution in [0.2, 0.25) is 5.02 Å². The summed E-state index contributed by atoms with van der Waals surface area (Å²) in [6, 6.07) is 17.7. The van der Waals surface area contributed by atoms with Gasteiger partial charge in [-0.05, 0) is 45.7 Å². The van der Waals surface area contributed by atoms with Gasteiger partial charge in [-0.25, -0.2) is 4.68 Å². The van der Waals surface area contributed by atoms with Crippen molar-refractivity contribution >= 4 is 41.0 Å². The number of carbonyl (C=O) groups is 2. The number of halogens is 1. The minimum atomic E-state index is -0.442. The summed E-state index contributed by atoms with van der Waals surface area (Å²) < 4.78 is 1.90. The molecule has 0 saturated heterocycles. The van der Waals surface area contributed by atoms with E-state index in [1.54, 1.807) is 4.90 Å². The van der Waals surface area contributed by atoms with Crippen molar-refractivity contribution in [1.29, 1.82) is 0 Å². The Bertz CT molecular complexity index is 1250. The second-order valence-corrected chi connectivity index (χ2v) is 11.6. The Morgan fingerprint density at radius 2 is 1.83 bits per heavy atom. The number of rotatable bonds is 6. The molecule has 0 spiro atoms. The molecule has 8 heteroatoms. The Morgan fingerprint density at radius 3 is 2.47 bits per heavy atom. The fourth-order valence-electron chi connectivity index (χ4n) is 4.30. The van der Waals surface area contributed by atoms with Gasteiger partial charge < -0.3 is 5.32 Å². The summed E-state index contributed by atoms with van der Waals surface area (Å²) in [7, 11) is 0. The Kier molecular flexibility index (Phi) is 7.81. The van der Waals surface area contributed by atoms with Crippen molar-refractivity contribution in [3.05, 3.63) is 70.7 Å². The number of benzene rings is 2. The van der Waals surface area contributed by atoms with Gasteiger partial charge in [0.1, 0.15) is 12.4 Å². The molecule has 2 atom stereocenters. The highest BCUT2D eigenvalue weighted by Gasteiger charge is 2.39. The topological polar surface area (TPSA) is 67.2 Å². The maximum absolute atomic E-state index is 13.6. The quantitative estimate of drug-likeness (QED) is 0.426. The van der Waals surface area contributed by atoms with Gasteiger partial charge in [0.2, 0.25) is 11.8 Å². The van der Waals surface area contributed by atoms with Crippen molar-refractivity contribution in [2.75, 3.05) is 17.2 Å². The van der Waals surface area contributed by atoms with Gasteiger partial charge in [0.05, 0.1) is 22.2 Å². The summed E-state index contributed by atoms with van der Waals surface area (Å²) in [6.07, 6.45) is 0.813. The molecule has 0 fully saturated rings. The van der Waals surface area contributed by atoms with Crippen LogP contribution in [0.1, 0.15) is 57.4 Å². The fraction of sp³-hybridized carbons (Fsp3) is 0.393. The molecule has 0 radical (unpaired) electrons. The molecular formula is C28H33ClN4O2S. The molecule has 0 unspecified atom stereocenters. The first kappa shape index (κ1) is 26.3. The standard InChI is InChI=1S/C28H33ClN4O2S/c1-6-18(2)30-22(34)16-32-23(35)17-36-26(20-14-10-11-15-21(20)29)24-25(19-12-8-7-9-13-19)31-33(27(24)32)28(3,4)5/h7-15,18,26H,6,16-17H2,1-5H3,(H,30,34)/t18-,26-/m0/s1. The summed E-state index contributed by atoms with van der Waals surface area (Å²) in [5.74, 6) is 0.563. The van der Waals surface area contributed by atoms with Crippen molar-refractivity contribution in [3.8, 4) is 11.3 Å². The van der Waals surface area contributed by atoms with Crippen molar-refractivity contribution in [2.45, 2.75) is 57.9 Å². The second-order valence-electron chi connectivity index (χ2n) is 10.1. The van der Waals surface area contributed by atoms with Gasteiger partial charge in [-0.3, -0.25) is 14.5 Å². The summed E-state index contributed by atoms with van der Waals surface area (Å²) in [6.45, 7) is 10.1. The highest BCUT2D eigenvalue weighted by atomic mass is 35.5. The van der Waals surface area contributed by atoms with Crippen molar-refractivity contribution in [3.63, 3.8) is 0 Å². The Balaban J connectivity index is 1.98. The summed E-state index contributed by atoms with van der Waals surface area (Å²) in [5.41, 5.74) is 3.13. The first-order chi connectivity index (χ1) is 17.1. The monoisotopic (exact) mass is 524 g/mol. The van der Waals surface area contributed by atoms with Crippen LogP contribution in [-0.2, 0) is 15.1 Å². The van der Waals surface area contributed by atoms with Gasteiger partial charge in [-0.15, -0.1) is 11.8 Å². The molecule has 0 aliphatic carbocycles.